The van der Waals surface area contributed by atoms with Crippen LogP contribution in [0.5, 0.6) is 0 Å². The molecule has 6 nitrogen and oxygen atoms in total. The van der Waals surface area contributed by atoms with E-state index in [4.69, 9.17) is 0 Å². The lowest BCUT2D eigenvalue weighted by Crippen LogP contribution is -2.19. The van der Waals surface area contributed by atoms with E-state index in [0.29, 0.717) is 11.4 Å². The van der Waals surface area contributed by atoms with Crippen molar-refractivity contribution in [1.82, 2.24) is 9.80 Å². The highest BCUT2D eigenvalue weighted by Gasteiger charge is 2.10. The second-order valence-corrected chi connectivity index (χ2v) is 6.00. The fourth-order valence-corrected chi connectivity index (χ4v) is 2.22. The summed E-state index contributed by atoms with van der Waals surface area (Å²) in [5, 5.41) is 0. The first kappa shape index (κ1) is 17.0. The molecule has 0 fully saturated rings. The summed E-state index contributed by atoms with van der Waals surface area (Å²) in [7, 11) is 6.62. The number of hydrogen-bond donors (Lipinski definition) is 0. The van der Waals surface area contributed by atoms with Crippen molar-refractivity contribution < 1.29 is 9.59 Å². The van der Waals surface area contributed by atoms with Gasteiger partial charge in [0.05, 0.1) is 11.4 Å². The molecule has 0 aliphatic carbocycles. The summed E-state index contributed by atoms with van der Waals surface area (Å²) in [6.07, 6.45) is 0. The number of carbonyl (C=O) groups excluding carboxylic acids is 2. The molecule has 0 aliphatic rings. The number of amides is 4. The highest BCUT2D eigenvalue weighted by atomic mass is 32.1. The molecule has 4 amide bonds. The van der Waals surface area contributed by atoms with Crippen molar-refractivity contribution in [1.29, 1.82) is 0 Å². The predicted octanol–water partition coefficient (Wildman–Crippen LogP) is 2.73. The summed E-state index contributed by atoms with van der Waals surface area (Å²) in [4.78, 5) is 35.7. The van der Waals surface area contributed by atoms with E-state index in [2.05, 4.69) is 9.98 Å². The van der Waals surface area contributed by atoms with Crippen molar-refractivity contribution >= 4 is 34.8 Å². The zero-order valence-electron chi connectivity index (χ0n) is 13.2. The monoisotopic (exact) mass is 308 g/mol. The topological polar surface area (TPSA) is 65.3 Å². The lowest BCUT2D eigenvalue weighted by Gasteiger charge is -2.06. The quantitative estimate of drug-likeness (QED) is 0.788. The van der Waals surface area contributed by atoms with E-state index in [-0.39, 0.29) is 12.1 Å². The van der Waals surface area contributed by atoms with Gasteiger partial charge in [-0.3, -0.25) is 0 Å². The largest absolute Gasteiger partial charge is 0.343 e. The molecule has 21 heavy (non-hydrogen) atoms. The van der Waals surface area contributed by atoms with Gasteiger partial charge in [0.25, 0.3) is 0 Å². The Morgan fingerprint density at radius 2 is 1.19 bits per heavy atom. The van der Waals surface area contributed by atoms with Gasteiger partial charge in [-0.25, -0.2) is 9.59 Å². The molecule has 0 bridgehead atoms. The van der Waals surface area contributed by atoms with Crippen molar-refractivity contribution in [3.8, 4) is 0 Å². The third-order valence-electron chi connectivity index (χ3n) is 2.61. The first-order chi connectivity index (χ1) is 9.72. The van der Waals surface area contributed by atoms with E-state index in [1.807, 2.05) is 12.1 Å². The van der Waals surface area contributed by atoms with Crippen molar-refractivity contribution in [3.05, 3.63) is 21.9 Å². The standard InChI is InChI=1S/C14H20N4O2S/c1-9(15-13(19)17(3)4)11-7-8-12(21-11)10(2)16-14(20)18(5)6/h7-8H,1-6H3/b15-9+,16-10+. The molecule has 0 radical (unpaired) electrons. The molecule has 1 aromatic rings. The molecule has 0 aliphatic heterocycles. The maximum Gasteiger partial charge on any atom is 0.343 e. The van der Waals surface area contributed by atoms with Crippen LogP contribution in [0.4, 0.5) is 9.59 Å². The van der Waals surface area contributed by atoms with Crippen LogP contribution in [-0.4, -0.2) is 61.5 Å². The molecule has 114 valence electrons. The highest BCUT2D eigenvalue weighted by molar-refractivity contribution is 7.16. The van der Waals surface area contributed by atoms with Crippen molar-refractivity contribution in [2.75, 3.05) is 28.2 Å². The van der Waals surface area contributed by atoms with E-state index in [9.17, 15) is 9.59 Å². The van der Waals surface area contributed by atoms with Crippen LogP contribution in [-0.2, 0) is 0 Å². The van der Waals surface area contributed by atoms with Gasteiger partial charge in [-0.2, -0.15) is 9.98 Å². The molecule has 7 heteroatoms. The van der Waals surface area contributed by atoms with Crippen molar-refractivity contribution in [3.63, 3.8) is 0 Å². The molecule has 0 N–H and O–H groups in total. The van der Waals surface area contributed by atoms with E-state index >= 15 is 0 Å². The molecule has 0 unspecified atom stereocenters. The summed E-state index contributed by atoms with van der Waals surface area (Å²) < 4.78 is 0. The number of urea groups is 2. The fraction of sp³-hybridized carbons (Fsp3) is 0.429. The average Bonchev–Trinajstić information content (AvgIpc) is 2.87. The van der Waals surface area contributed by atoms with Gasteiger partial charge in [-0.05, 0) is 26.0 Å². The van der Waals surface area contributed by atoms with Gasteiger partial charge in [0, 0.05) is 37.9 Å². The SMILES string of the molecule is C/C(=N\C(=O)N(C)C)c1ccc(/C(C)=N/C(=O)N(C)C)s1. The Kier molecular flexibility index (Phi) is 5.78. The van der Waals surface area contributed by atoms with Crippen LogP contribution in [0.25, 0.3) is 0 Å². The number of hydrogen-bond acceptors (Lipinski definition) is 3. The number of rotatable bonds is 2. The van der Waals surface area contributed by atoms with Gasteiger partial charge in [0.2, 0.25) is 0 Å². The normalized spacial score (nSPS) is 12.3. The van der Waals surface area contributed by atoms with Crippen LogP contribution in [0.3, 0.4) is 0 Å². The van der Waals surface area contributed by atoms with Gasteiger partial charge in [0.15, 0.2) is 0 Å². The second kappa shape index (κ2) is 7.12. The van der Waals surface area contributed by atoms with Crippen molar-refractivity contribution in [2.45, 2.75) is 13.8 Å². The zero-order valence-corrected chi connectivity index (χ0v) is 14.0. The fourth-order valence-electron chi connectivity index (χ4n) is 1.32. The minimum absolute atomic E-state index is 0.296. The number of aliphatic imine (C=N–C) groups is 2. The van der Waals surface area contributed by atoms with Crippen LogP contribution >= 0.6 is 11.3 Å². The van der Waals surface area contributed by atoms with Crippen LogP contribution in [0.2, 0.25) is 0 Å². The Bertz CT molecular complexity index is 549. The second-order valence-electron chi connectivity index (χ2n) is 4.91. The summed E-state index contributed by atoms with van der Waals surface area (Å²) in [6, 6.07) is 3.16. The summed E-state index contributed by atoms with van der Waals surface area (Å²) in [5.74, 6) is 0. The van der Waals surface area contributed by atoms with Gasteiger partial charge in [-0.15, -0.1) is 11.3 Å². The minimum atomic E-state index is -0.296. The van der Waals surface area contributed by atoms with Gasteiger partial charge < -0.3 is 9.80 Å². The van der Waals surface area contributed by atoms with Gasteiger partial charge in [0.1, 0.15) is 0 Å². The predicted molar refractivity (Wildman–Crippen MR) is 86.9 cm³/mol. The maximum absolute atomic E-state index is 11.6. The Morgan fingerprint density at radius 3 is 1.48 bits per heavy atom. The Labute approximate surface area is 128 Å². The third-order valence-corrected chi connectivity index (χ3v) is 3.91. The molecule has 1 aromatic heterocycles. The summed E-state index contributed by atoms with van der Waals surface area (Å²) >= 11 is 1.45. The third kappa shape index (κ3) is 4.78. The zero-order chi connectivity index (χ0) is 16.2. The van der Waals surface area contributed by atoms with Gasteiger partial charge in [-0.1, -0.05) is 0 Å². The van der Waals surface area contributed by atoms with Crippen molar-refractivity contribution in [2.24, 2.45) is 9.98 Å². The first-order valence-corrected chi connectivity index (χ1v) is 7.17. The summed E-state index contributed by atoms with van der Waals surface area (Å²) in [6.45, 7) is 3.57. The average molecular weight is 308 g/mol. The molecule has 0 saturated heterocycles. The molecule has 0 aromatic carbocycles. The highest BCUT2D eigenvalue weighted by Crippen LogP contribution is 2.19. The lowest BCUT2D eigenvalue weighted by molar-refractivity contribution is 0.226. The number of thiophene rings is 1. The Morgan fingerprint density at radius 1 is 0.857 bits per heavy atom. The molecule has 1 heterocycles. The molecule has 1 rings (SSSR count). The molecule has 0 spiro atoms. The maximum atomic E-state index is 11.6. The van der Waals surface area contributed by atoms with Crippen LogP contribution in [0, 0.1) is 0 Å². The van der Waals surface area contributed by atoms with E-state index in [0.717, 1.165) is 9.75 Å². The molecule has 0 atom stereocenters. The molecular weight excluding hydrogens is 288 g/mol. The molecular formula is C14H20N4O2S. The van der Waals surface area contributed by atoms with E-state index in [1.54, 1.807) is 42.0 Å². The number of carbonyl (C=O) groups is 2. The lowest BCUT2D eigenvalue weighted by atomic mass is 10.3. The number of nitrogens with zero attached hydrogens (tertiary/aromatic N) is 4. The Hall–Kier alpha value is -2.02. The first-order valence-electron chi connectivity index (χ1n) is 6.36. The minimum Gasteiger partial charge on any atom is -0.329 e. The van der Waals surface area contributed by atoms with Crippen LogP contribution in [0.1, 0.15) is 23.6 Å². The molecule has 0 saturated carbocycles. The Balaban J connectivity index is 2.96. The summed E-state index contributed by atoms with van der Waals surface area (Å²) in [5.41, 5.74) is 1.30. The van der Waals surface area contributed by atoms with E-state index in [1.165, 1.54) is 21.1 Å². The van der Waals surface area contributed by atoms with Gasteiger partial charge >= 0.3 is 12.1 Å². The van der Waals surface area contributed by atoms with E-state index < -0.39 is 0 Å². The van der Waals surface area contributed by atoms with Crippen LogP contribution < -0.4 is 0 Å². The smallest absolute Gasteiger partial charge is 0.329 e. The van der Waals surface area contributed by atoms with Crippen LogP contribution in [0.15, 0.2) is 22.1 Å².